The molecule has 0 saturated heterocycles. The Morgan fingerprint density at radius 3 is 2.50 bits per heavy atom. The monoisotopic (exact) mass is 325 g/mol. The Balaban J connectivity index is 2.14. The SMILES string of the molecule is COC(=O)/C(=C/c1cccc(OCc2ccccc2)c1)NC(C)=O. The number of hydrogen-bond acceptors (Lipinski definition) is 4. The molecule has 0 fully saturated rings. The molecule has 0 bridgehead atoms. The molecule has 0 unspecified atom stereocenters. The molecular formula is C19H19NO4. The summed E-state index contributed by atoms with van der Waals surface area (Å²) in [5.41, 5.74) is 1.85. The minimum atomic E-state index is -0.610. The number of nitrogens with one attached hydrogen (secondary N) is 1. The minimum absolute atomic E-state index is 0.0743. The third-order valence-electron chi connectivity index (χ3n) is 3.13. The van der Waals surface area contributed by atoms with Gasteiger partial charge in [-0.05, 0) is 29.3 Å². The van der Waals surface area contributed by atoms with Crippen LogP contribution in [0, 0.1) is 0 Å². The molecule has 1 amide bonds. The molecule has 0 aromatic heterocycles. The average molecular weight is 325 g/mol. The quantitative estimate of drug-likeness (QED) is 0.655. The van der Waals surface area contributed by atoms with Crippen LogP contribution >= 0.6 is 0 Å². The first-order chi connectivity index (χ1) is 11.6. The van der Waals surface area contributed by atoms with Crippen LogP contribution in [0.15, 0.2) is 60.3 Å². The second-order valence-corrected chi connectivity index (χ2v) is 5.08. The van der Waals surface area contributed by atoms with Gasteiger partial charge in [0.1, 0.15) is 18.1 Å². The number of hydrogen-bond donors (Lipinski definition) is 1. The van der Waals surface area contributed by atoms with Crippen LogP contribution in [0.5, 0.6) is 5.75 Å². The van der Waals surface area contributed by atoms with E-state index in [1.807, 2.05) is 42.5 Å². The number of carbonyl (C=O) groups is 2. The number of methoxy groups -OCH3 is 1. The molecule has 124 valence electrons. The Bertz CT molecular complexity index is 738. The first kappa shape index (κ1) is 17.3. The number of esters is 1. The molecule has 0 aliphatic carbocycles. The zero-order valence-corrected chi connectivity index (χ0v) is 13.6. The molecule has 0 aliphatic rings. The van der Waals surface area contributed by atoms with E-state index in [1.165, 1.54) is 14.0 Å². The van der Waals surface area contributed by atoms with Crippen molar-refractivity contribution in [2.24, 2.45) is 0 Å². The highest BCUT2D eigenvalue weighted by molar-refractivity contribution is 5.97. The van der Waals surface area contributed by atoms with E-state index in [2.05, 4.69) is 10.1 Å². The highest BCUT2D eigenvalue weighted by Crippen LogP contribution is 2.17. The molecule has 2 aromatic rings. The van der Waals surface area contributed by atoms with E-state index < -0.39 is 5.97 Å². The normalized spacial score (nSPS) is 10.8. The first-order valence-corrected chi connectivity index (χ1v) is 7.43. The number of carbonyl (C=O) groups excluding carboxylic acids is 2. The van der Waals surface area contributed by atoms with E-state index in [9.17, 15) is 9.59 Å². The Morgan fingerprint density at radius 1 is 1.08 bits per heavy atom. The largest absolute Gasteiger partial charge is 0.489 e. The maximum absolute atomic E-state index is 11.7. The van der Waals surface area contributed by atoms with Crippen molar-refractivity contribution in [1.29, 1.82) is 0 Å². The van der Waals surface area contributed by atoms with Crippen LogP contribution in [0.3, 0.4) is 0 Å². The third kappa shape index (κ3) is 5.28. The van der Waals surface area contributed by atoms with Gasteiger partial charge in [0.15, 0.2) is 0 Å². The summed E-state index contributed by atoms with van der Waals surface area (Å²) in [5, 5.41) is 2.46. The van der Waals surface area contributed by atoms with Crippen molar-refractivity contribution in [2.75, 3.05) is 7.11 Å². The van der Waals surface area contributed by atoms with Crippen LogP contribution in [0.2, 0.25) is 0 Å². The summed E-state index contributed by atoms with van der Waals surface area (Å²) in [6.45, 7) is 1.78. The lowest BCUT2D eigenvalue weighted by molar-refractivity contribution is -0.137. The smallest absolute Gasteiger partial charge is 0.354 e. The maximum atomic E-state index is 11.7. The van der Waals surface area contributed by atoms with Gasteiger partial charge in [0.2, 0.25) is 5.91 Å². The zero-order valence-electron chi connectivity index (χ0n) is 13.6. The average Bonchev–Trinajstić information content (AvgIpc) is 2.59. The van der Waals surface area contributed by atoms with E-state index in [1.54, 1.807) is 18.2 Å². The molecule has 0 aliphatic heterocycles. The topological polar surface area (TPSA) is 64.6 Å². The fourth-order valence-corrected chi connectivity index (χ4v) is 2.05. The van der Waals surface area contributed by atoms with E-state index in [0.29, 0.717) is 12.4 Å². The second kappa shape index (κ2) is 8.53. The predicted molar refractivity (Wildman–Crippen MR) is 91.0 cm³/mol. The lowest BCUT2D eigenvalue weighted by Crippen LogP contribution is -2.25. The molecule has 0 radical (unpaired) electrons. The van der Waals surface area contributed by atoms with Crippen molar-refractivity contribution in [2.45, 2.75) is 13.5 Å². The van der Waals surface area contributed by atoms with Crippen molar-refractivity contribution in [3.8, 4) is 5.75 Å². The zero-order chi connectivity index (χ0) is 17.4. The highest BCUT2D eigenvalue weighted by Gasteiger charge is 2.11. The molecule has 0 heterocycles. The lowest BCUT2D eigenvalue weighted by atomic mass is 10.1. The molecule has 0 atom stereocenters. The van der Waals surface area contributed by atoms with Crippen LogP contribution in [-0.4, -0.2) is 19.0 Å². The molecule has 5 nitrogen and oxygen atoms in total. The van der Waals surface area contributed by atoms with Gasteiger partial charge in [-0.25, -0.2) is 4.79 Å². The van der Waals surface area contributed by atoms with Crippen LogP contribution in [-0.2, 0) is 20.9 Å². The molecular weight excluding hydrogens is 306 g/mol. The molecule has 2 rings (SSSR count). The summed E-state index contributed by atoms with van der Waals surface area (Å²) in [6, 6.07) is 17.1. The predicted octanol–water partition coefficient (Wildman–Crippen LogP) is 2.92. The number of rotatable bonds is 6. The highest BCUT2D eigenvalue weighted by atomic mass is 16.5. The molecule has 0 saturated carbocycles. The minimum Gasteiger partial charge on any atom is -0.489 e. The Labute approximate surface area is 140 Å². The number of amides is 1. The van der Waals surface area contributed by atoms with Gasteiger partial charge < -0.3 is 14.8 Å². The fourth-order valence-electron chi connectivity index (χ4n) is 2.05. The number of benzene rings is 2. The van der Waals surface area contributed by atoms with Crippen molar-refractivity contribution in [3.63, 3.8) is 0 Å². The van der Waals surface area contributed by atoms with Gasteiger partial charge in [-0.15, -0.1) is 0 Å². The Kier molecular flexibility index (Phi) is 6.14. The molecule has 1 N–H and O–H groups in total. The van der Waals surface area contributed by atoms with Crippen molar-refractivity contribution >= 4 is 18.0 Å². The summed E-state index contributed by atoms with van der Waals surface area (Å²) in [7, 11) is 1.26. The summed E-state index contributed by atoms with van der Waals surface area (Å²) < 4.78 is 10.4. The Morgan fingerprint density at radius 2 is 1.83 bits per heavy atom. The van der Waals surface area contributed by atoms with E-state index in [-0.39, 0.29) is 11.6 Å². The summed E-state index contributed by atoms with van der Waals surface area (Å²) in [5.74, 6) is -0.288. The van der Waals surface area contributed by atoms with E-state index >= 15 is 0 Å². The summed E-state index contributed by atoms with van der Waals surface area (Å²) in [6.07, 6.45) is 1.54. The van der Waals surface area contributed by atoms with Gasteiger partial charge in [-0.1, -0.05) is 42.5 Å². The van der Waals surface area contributed by atoms with Crippen LogP contribution < -0.4 is 10.1 Å². The first-order valence-electron chi connectivity index (χ1n) is 7.43. The van der Waals surface area contributed by atoms with Gasteiger partial charge >= 0.3 is 5.97 Å². The third-order valence-corrected chi connectivity index (χ3v) is 3.13. The molecule has 0 spiro atoms. The van der Waals surface area contributed by atoms with Crippen LogP contribution in [0.1, 0.15) is 18.1 Å². The van der Waals surface area contributed by atoms with Gasteiger partial charge in [-0.2, -0.15) is 0 Å². The van der Waals surface area contributed by atoms with Gasteiger partial charge in [0, 0.05) is 6.92 Å². The fraction of sp³-hybridized carbons (Fsp3) is 0.158. The lowest BCUT2D eigenvalue weighted by Gasteiger charge is -2.08. The maximum Gasteiger partial charge on any atom is 0.354 e. The summed E-state index contributed by atoms with van der Waals surface area (Å²) >= 11 is 0. The number of ether oxygens (including phenoxy) is 2. The van der Waals surface area contributed by atoms with Gasteiger partial charge in [0.05, 0.1) is 7.11 Å². The molecule has 5 heteroatoms. The van der Waals surface area contributed by atoms with Crippen molar-refractivity contribution in [3.05, 3.63) is 71.4 Å². The van der Waals surface area contributed by atoms with Crippen molar-refractivity contribution < 1.29 is 19.1 Å². The van der Waals surface area contributed by atoms with Gasteiger partial charge in [0.25, 0.3) is 0 Å². The van der Waals surface area contributed by atoms with E-state index in [0.717, 1.165) is 11.1 Å². The standard InChI is InChI=1S/C19H19NO4/c1-14(21)20-18(19(22)23-2)12-16-9-6-10-17(11-16)24-13-15-7-4-3-5-8-15/h3-12H,13H2,1-2H3,(H,20,21)/b18-12-. The van der Waals surface area contributed by atoms with Gasteiger partial charge in [-0.3, -0.25) is 4.79 Å². The second-order valence-electron chi connectivity index (χ2n) is 5.08. The Hall–Kier alpha value is -3.08. The van der Waals surface area contributed by atoms with Crippen LogP contribution in [0.4, 0.5) is 0 Å². The van der Waals surface area contributed by atoms with Crippen molar-refractivity contribution in [1.82, 2.24) is 5.32 Å². The molecule has 24 heavy (non-hydrogen) atoms. The van der Waals surface area contributed by atoms with Crippen LogP contribution in [0.25, 0.3) is 6.08 Å². The van der Waals surface area contributed by atoms with E-state index in [4.69, 9.17) is 4.74 Å². The molecule has 2 aromatic carbocycles. The summed E-state index contributed by atoms with van der Waals surface area (Å²) in [4.78, 5) is 22.9.